The second-order valence-corrected chi connectivity index (χ2v) is 8.86. The molecular formula is C28H26N3O4S+. The van der Waals surface area contributed by atoms with Crippen LogP contribution in [0.3, 0.4) is 0 Å². The summed E-state index contributed by atoms with van der Waals surface area (Å²) in [6.45, 7) is 1.91. The van der Waals surface area contributed by atoms with Gasteiger partial charge in [-0.1, -0.05) is 54.2 Å². The zero-order valence-electron chi connectivity index (χ0n) is 20.0. The van der Waals surface area contributed by atoms with Gasteiger partial charge in [-0.2, -0.15) is 5.26 Å². The Balaban J connectivity index is 1.84. The van der Waals surface area contributed by atoms with Gasteiger partial charge in [0.25, 0.3) is 0 Å². The number of hydrogen-bond acceptors (Lipinski definition) is 7. The zero-order chi connectivity index (χ0) is 25.5. The van der Waals surface area contributed by atoms with Crippen LogP contribution in [-0.4, -0.2) is 19.7 Å². The molecule has 0 spiro atoms. The van der Waals surface area contributed by atoms with Crippen LogP contribution in [0.15, 0.2) is 95.0 Å². The summed E-state index contributed by atoms with van der Waals surface area (Å²) in [7, 11) is 1.61. The van der Waals surface area contributed by atoms with Gasteiger partial charge in [0.05, 0.1) is 25.2 Å². The van der Waals surface area contributed by atoms with Crippen molar-refractivity contribution in [1.82, 2.24) is 0 Å². The number of hydrogen-bond donors (Lipinski definition) is 1. The summed E-state index contributed by atoms with van der Waals surface area (Å²) in [6, 6.07) is 22.8. The molecule has 0 fully saturated rings. The molecule has 1 atom stereocenters. The van der Waals surface area contributed by atoms with Gasteiger partial charge >= 0.3 is 5.97 Å². The highest BCUT2D eigenvalue weighted by Crippen LogP contribution is 2.44. The normalized spacial score (nSPS) is 15.2. The van der Waals surface area contributed by atoms with Crippen molar-refractivity contribution in [3.8, 4) is 11.8 Å². The Morgan fingerprint density at radius 3 is 2.61 bits per heavy atom. The number of rotatable bonds is 8. The molecule has 182 valence electrons. The van der Waals surface area contributed by atoms with Crippen molar-refractivity contribution in [2.24, 2.45) is 5.73 Å². The molecule has 2 aromatic carbocycles. The topological polar surface area (TPSA) is 109 Å². The Hall–Kier alpha value is -4.22. The third kappa shape index (κ3) is 5.21. The van der Waals surface area contributed by atoms with Crippen LogP contribution in [0.1, 0.15) is 29.5 Å². The highest BCUT2D eigenvalue weighted by atomic mass is 32.2. The molecule has 0 saturated heterocycles. The van der Waals surface area contributed by atoms with E-state index in [2.05, 4.69) is 11.1 Å². The fourth-order valence-electron chi connectivity index (χ4n) is 4.03. The Morgan fingerprint density at radius 1 is 1.17 bits per heavy atom. The Bertz CT molecular complexity index is 1350. The van der Waals surface area contributed by atoms with Gasteiger partial charge < -0.3 is 19.9 Å². The van der Waals surface area contributed by atoms with Crippen LogP contribution in [0.2, 0.25) is 0 Å². The van der Waals surface area contributed by atoms with Crippen LogP contribution in [-0.2, 0) is 20.0 Å². The second kappa shape index (κ2) is 11.5. The summed E-state index contributed by atoms with van der Waals surface area (Å²) < 4.78 is 16.9. The number of nitrogens with two attached hydrogens (primary N) is 1. The number of benzene rings is 2. The van der Waals surface area contributed by atoms with Gasteiger partial charge in [-0.15, -0.1) is 0 Å². The second-order valence-electron chi connectivity index (χ2n) is 7.84. The van der Waals surface area contributed by atoms with Crippen molar-refractivity contribution in [1.29, 1.82) is 5.26 Å². The number of esters is 1. The summed E-state index contributed by atoms with van der Waals surface area (Å²) in [6.07, 6.45) is 1.87. The Labute approximate surface area is 214 Å². The maximum absolute atomic E-state index is 13.3. The Kier molecular flexibility index (Phi) is 7.93. The average Bonchev–Trinajstić information content (AvgIpc) is 2.92. The summed E-state index contributed by atoms with van der Waals surface area (Å²) in [5.74, 6) is 0.213. The lowest BCUT2D eigenvalue weighted by Crippen LogP contribution is -2.26. The number of pyridine rings is 1. The van der Waals surface area contributed by atoms with Gasteiger partial charge in [0.1, 0.15) is 23.2 Å². The summed E-state index contributed by atoms with van der Waals surface area (Å²) >= 11 is 1.61. The van der Waals surface area contributed by atoms with Crippen molar-refractivity contribution < 1.29 is 24.0 Å². The standard InChI is InChI=1S/C28H25N3O4S/c1-3-34-28(32)25-24(21(16-29)27(30)35-26(25)18-9-5-4-6-10-18)19-12-13-22(33-2)20(15-19)17-36-23-11-7-8-14-31-23/h4-15,24H,3,17,30H2,1-2H3/p+1. The predicted molar refractivity (Wildman–Crippen MR) is 136 cm³/mol. The van der Waals surface area contributed by atoms with Gasteiger partial charge in [-0.3, -0.25) is 0 Å². The molecule has 3 N–H and O–H groups in total. The van der Waals surface area contributed by atoms with E-state index in [4.69, 9.17) is 19.9 Å². The molecule has 8 heteroatoms. The van der Waals surface area contributed by atoms with E-state index in [0.717, 1.165) is 10.6 Å². The minimum atomic E-state index is -0.768. The van der Waals surface area contributed by atoms with E-state index < -0.39 is 11.9 Å². The van der Waals surface area contributed by atoms with Crippen molar-refractivity contribution in [3.05, 3.63) is 107 Å². The van der Waals surface area contributed by atoms with Crippen LogP contribution < -0.4 is 15.5 Å². The molecule has 0 radical (unpaired) electrons. The monoisotopic (exact) mass is 500 g/mol. The van der Waals surface area contributed by atoms with Crippen molar-refractivity contribution in [2.45, 2.75) is 23.6 Å². The maximum Gasteiger partial charge on any atom is 0.338 e. The minimum absolute atomic E-state index is 0.0416. The maximum atomic E-state index is 13.3. The van der Waals surface area contributed by atoms with Crippen molar-refractivity contribution >= 4 is 23.5 Å². The molecule has 1 aliphatic rings. The van der Waals surface area contributed by atoms with Gasteiger partial charge in [-0.05, 0) is 24.6 Å². The van der Waals surface area contributed by atoms with Crippen LogP contribution in [0, 0.1) is 11.3 Å². The summed E-state index contributed by atoms with van der Waals surface area (Å²) in [5, 5.41) is 11.0. The highest BCUT2D eigenvalue weighted by Gasteiger charge is 2.38. The molecule has 1 aromatic heterocycles. The zero-order valence-corrected chi connectivity index (χ0v) is 20.8. The molecule has 4 rings (SSSR count). The molecule has 0 saturated carbocycles. The number of carbonyl (C=O) groups excluding carboxylic acids is 1. The van der Waals surface area contributed by atoms with E-state index in [1.54, 1.807) is 25.8 Å². The number of aromatic nitrogens is 1. The minimum Gasteiger partial charge on any atom is -0.496 e. The first-order chi connectivity index (χ1) is 17.6. The lowest BCUT2D eigenvalue weighted by molar-refractivity contribution is -0.426. The number of thioether (sulfide) groups is 1. The SMILES string of the molecule is CCOC(=O)C1=C(c2ccccc2)OC(N)=C(C#N)C1c1ccc(OC)c(CSc2cccc[nH+]2)c1. The van der Waals surface area contributed by atoms with E-state index in [1.807, 2.05) is 72.9 Å². The van der Waals surface area contributed by atoms with Gasteiger partial charge in [0.15, 0.2) is 6.20 Å². The lowest BCUT2D eigenvalue weighted by atomic mass is 9.81. The number of nitrogens with zero attached hydrogens (tertiary/aromatic N) is 1. The van der Waals surface area contributed by atoms with E-state index in [0.29, 0.717) is 22.6 Å². The third-order valence-corrected chi connectivity index (χ3v) is 6.67. The third-order valence-electron chi connectivity index (χ3n) is 5.65. The molecule has 1 unspecified atom stereocenters. The van der Waals surface area contributed by atoms with E-state index in [-0.39, 0.29) is 29.4 Å². The largest absolute Gasteiger partial charge is 0.496 e. The predicted octanol–water partition coefficient (Wildman–Crippen LogP) is 4.58. The summed E-state index contributed by atoms with van der Waals surface area (Å²) in [5.41, 5.74) is 8.89. The van der Waals surface area contributed by atoms with Crippen LogP contribution >= 0.6 is 11.8 Å². The van der Waals surface area contributed by atoms with Gasteiger partial charge in [0, 0.05) is 29.0 Å². The van der Waals surface area contributed by atoms with Gasteiger partial charge in [0.2, 0.25) is 10.9 Å². The first kappa shape index (κ1) is 24.9. The first-order valence-corrected chi connectivity index (χ1v) is 12.4. The number of nitrogens with one attached hydrogen (secondary N) is 1. The molecule has 3 aromatic rings. The number of nitriles is 1. The van der Waals surface area contributed by atoms with E-state index in [1.165, 1.54) is 0 Å². The number of ether oxygens (including phenoxy) is 3. The average molecular weight is 501 g/mol. The van der Waals surface area contributed by atoms with Crippen molar-refractivity contribution in [3.63, 3.8) is 0 Å². The number of H-pyrrole nitrogens is 1. The van der Waals surface area contributed by atoms with E-state index >= 15 is 0 Å². The molecule has 2 heterocycles. The molecular weight excluding hydrogens is 474 g/mol. The molecule has 0 amide bonds. The number of methoxy groups -OCH3 is 1. The summed E-state index contributed by atoms with van der Waals surface area (Å²) in [4.78, 5) is 16.5. The smallest absolute Gasteiger partial charge is 0.338 e. The fourth-order valence-corrected chi connectivity index (χ4v) is 4.89. The lowest BCUT2D eigenvalue weighted by Gasteiger charge is -2.28. The quantitative estimate of drug-likeness (QED) is 0.356. The number of aromatic amines is 1. The molecule has 0 aliphatic carbocycles. The number of carbonyl (C=O) groups is 1. The molecule has 7 nitrogen and oxygen atoms in total. The van der Waals surface area contributed by atoms with Crippen LogP contribution in [0.5, 0.6) is 5.75 Å². The molecule has 36 heavy (non-hydrogen) atoms. The van der Waals surface area contributed by atoms with Gasteiger partial charge in [-0.25, -0.2) is 9.78 Å². The fraction of sp³-hybridized carbons (Fsp3) is 0.179. The molecule has 0 bridgehead atoms. The Morgan fingerprint density at radius 2 is 1.94 bits per heavy atom. The van der Waals surface area contributed by atoms with Crippen LogP contribution in [0.25, 0.3) is 5.76 Å². The van der Waals surface area contributed by atoms with Crippen LogP contribution in [0.4, 0.5) is 0 Å². The highest BCUT2D eigenvalue weighted by molar-refractivity contribution is 7.98. The van der Waals surface area contributed by atoms with Crippen molar-refractivity contribution in [2.75, 3.05) is 13.7 Å². The molecule has 1 aliphatic heterocycles. The number of allylic oxidation sites excluding steroid dienone is 1. The van der Waals surface area contributed by atoms with E-state index in [9.17, 15) is 10.1 Å². The first-order valence-electron chi connectivity index (χ1n) is 11.4.